The van der Waals surface area contributed by atoms with Crippen LogP contribution < -0.4 is 10.9 Å². The van der Waals surface area contributed by atoms with Crippen molar-refractivity contribution >= 4 is 23.4 Å². The second-order valence-corrected chi connectivity index (χ2v) is 6.50. The van der Waals surface area contributed by atoms with Gasteiger partial charge in [-0.05, 0) is 35.9 Å². The highest BCUT2D eigenvalue weighted by molar-refractivity contribution is 7.99. The summed E-state index contributed by atoms with van der Waals surface area (Å²) in [5.41, 5.74) is 0.929. The van der Waals surface area contributed by atoms with Gasteiger partial charge in [0, 0.05) is 23.7 Å². The fraction of sp³-hybridized carbons (Fsp3) is 0.333. The Bertz CT molecular complexity index is 657. The first-order chi connectivity index (χ1) is 10.1. The van der Waals surface area contributed by atoms with Crippen LogP contribution in [0.5, 0.6) is 0 Å². The van der Waals surface area contributed by atoms with Gasteiger partial charge >= 0.3 is 0 Å². The average Bonchev–Trinajstić information content (AvgIpc) is 2.42. The molecule has 6 heteroatoms. The molecule has 0 aliphatic carbocycles. The van der Waals surface area contributed by atoms with Crippen LogP contribution in [0.3, 0.4) is 0 Å². The molecule has 0 radical (unpaired) electrons. The zero-order valence-corrected chi connectivity index (χ0v) is 13.6. The van der Waals surface area contributed by atoms with Crippen LogP contribution in [0.4, 0.5) is 0 Å². The molecule has 0 unspecified atom stereocenters. The summed E-state index contributed by atoms with van der Waals surface area (Å²) in [5.74, 6) is 0.590. The van der Waals surface area contributed by atoms with Crippen molar-refractivity contribution in [3.63, 3.8) is 0 Å². The molecule has 0 saturated heterocycles. The third-order valence-electron chi connectivity index (χ3n) is 2.76. The summed E-state index contributed by atoms with van der Waals surface area (Å²) in [6, 6.07) is 7.20. The number of aromatic amines is 1. The zero-order valence-electron chi connectivity index (χ0n) is 12.0. The fourth-order valence-corrected chi connectivity index (χ4v) is 3.01. The quantitative estimate of drug-likeness (QED) is 0.801. The van der Waals surface area contributed by atoms with Gasteiger partial charge in [0.2, 0.25) is 0 Å². The molecular formula is C15H18ClN3OS. The van der Waals surface area contributed by atoms with Crippen molar-refractivity contribution in [2.24, 2.45) is 5.92 Å². The first-order valence-corrected chi connectivity index (χ1v) is 7.97. The monoisotopic (exact) mass is 323 g/mol. The van der Waals surface area contributed by atoms with Gasteiger partial charge in [-0.15, -0.1) is 0 Å². The molecule has 1 aromatic heterocycles. The minimum atomic E-state index is -0.168. The molecule has 0 amide bonds. The highest BCUT2D eigenvalue weighted by atomic mass is 35.5. The van der Waals surface area contributed by atoms with Crippen molar-refractivity contribution in [1.82, 2.24) is 15.3 Å². The lowest BCUT2D eigenvalue weighted by Gasteiger charge is -2.12. The number of rotatable bonds is 6. The fourth-order valence-electron chi connectivity index (χ4n) is 1.80. The standard InChI is InChI=1S/C15H18ClN3OS/c1-10(2)8-17-9-11-4-3-5-12(16)14(11)21-15-18-7-6-13(20)19-15/h3-7,10,17H,8-9H2,1-2H3,(H,18,19,20). The van der Waals surface area contributed by atoms with Crippen LogP contribution in [0.2, 0.25) is 5.02 Å². The van der Waals surface area contributed by atoms with Crippen LogP contribution in [-0.2, 0) is 6.54 Å². The number of H-pyrrole nitrogens is 1. The molecule has 0 aliphatic rings. The Morgan fingerprint density at radius 3 is 2.90 bits per heavy atom. The van der Waals surface area contributed by atoms with Crippen molar-refractivity contribution < 1.29 is 0 Å². The van der Waals surface area contributed by atoms with Crippen LogP contribution in [0.15, 0.2) is 45.3 Å². The molecule has 0 bridgehead atoms. The van der Waals surface area contributed by atoms with E-state index in [-0.39, 0.29) is 5.56 Å². The predicted octanol–water partition coefficient (Wildman–Crippen LogP) is 3.32. The second-order valence-electron chi connectivity index (χ2n) is 5.09. The minimum absolute atomic E-state index is 0.168. The molecule has 0 atom stereocenters. The van der Waals surface area contributed by atoms with E-state index in [0.717, 1.165) is 23.5 Å². The van der Waals surface area contributed by atoms with E-state index in [9.17, 15) is 4.79 Å². The molecule has 0 spiro atoms. The summed E-state index contributed by atoms with van der Waals surface area (Å²) < 4.78 is 0. The second kappa shape index (κ2) is 7.64. The summed E-state index contributed by atoms with van der Waals surface area (Å²) >= 11 is 7.67. The van der Waals surface area contributed by atoms with Crippen molar-refractivity contribution in [3.05, 3.63) is 51.4 Å². The van der Waals surface area contributed by atoms with Crippen LogP contribution in [-0.4, -0.2) is 16.5 Å². The van der Waals surface area contributed by atoms with Crippen molar-refractivity contribution in [2.45, 2.75) is 30.4 Å². The van der Waals surface area contributed by atoms with Gasteiger partial charge in [-0.1, -0.05) is 37.6 Å². The Morgan fingerprint density at radius 2 is 2.19 bits per heavy atom. The molecule has 2 aromatic rings. The van der Waals surface area contributed by atoms with E-state index >= 15 is 0 Å². The summed E-state index contributed by atoms with van der Waals surface area (Å²) in [5, 5.41) is 4.61. The molecule has 2 N–H and O–H groups in total. The van der Waals surface area contributed by atoms with Gasteiger partial charge in [0.15, 0.2) is 5.16 Å². The highest BCUT2D eigenvalue weighted by Gasteiger charge is 2.10. The molecule has 0 saturated carbocycles. The van der Waals surface area contributed by atoms with E-state index in [0.29, 0.717) is 16.1 Å². The third kappa shape index (κ3) is 4.88. The maximum atomic E-state index is 11.3. The van der Waals surface area contributed by atoms with Crippen molar-refractivity contribution in [1.29, 1.82) is 0 Å². The maximum absolute atomic E-state index is 11.3. The molecule has 1 aromatic carbocycles. The lowest BCUT2D eigenvalue weighted by molar-refractivity contribution is 0.550. The number of nitrogens with one attached hydrogen (secondary N) is 2. The van der Waals surface area contributed by atoms with E-state index in [4.69, 9.17) is 11.6 Å². The van der Waals surface area contributed by atoms with E-state index in [1.165, 1.54) is 24.0 Å². The number of halogens is 1. The highest BCUT2D eigenvalue weighted by Crippen LogP contribution is 2.33. The molecule has 2 rings (SSSR count). The predicted molar refractivity (Wildman–Crippen MR) is 87.0 cm³/mol. The Balaban J connectivity index is 2.19. The van der Waals surface area contributed by atoms with Gasteiger partial charge in [0.25, 0.3) is 5.56 Å². The summed E-state index contributed by atoms with van der Waals surface area (Å²) in [6.07, 6.45) is 1.49. The number of nitrogens with zero attached hydrogens (tertiary/aromatic N) is 1. The number of benzene rings is 1. The Labute approximate surface area is 133 Å². The zero-order chi connectivity index (χ0) is 15.2. The van der Waals surface area contributed by atoms with Gasteiger partial charge in [-0.2, -0.15) is 0 Å². The number of hydrogen-bond acceptors (Lipinski definition) is 4. The molecule has 0 aliphatic heterocycles. The minimum Gasteiger partial charge on any atom is -0.312 e. The summed E-state index contributed by atoms with van der Waals surface area (Å²) in [6.45, 7) is 6.01. The number of hydrogen-bond donors (Lipinski definition) is 2. The van der Waals surface area contributed by atoms with Gasteiger partial charge in [0.05, 0.1) is 5.02 Å². The SMILES string of the molecule is CC(C)CNCc1cccc(Cl)c1Sc1nccc(=O)[nH]1. The van der Waals surface area contributed by atoms with Crippen LogP contribution in [0.1, 0.15) is 19.4 Å². The van der Waals surface area contributed by atoms with Gasteiger partial charge in [-0.3, -0.25) is 4.79 Å². The molecule has 4 nitrogen and oxygen atoms in total. The van der Waals surface area contributed by atoms with Gasteiger partial charge in [0.1, 0.15) is 0 Å². The Kier molecular flexibility index (Phi) is 5.85. The molecule has 112 valence electrons. The smallest absolute Gasteiger partial charge is 0.251 e. The summed E-state index contributed by atoms with van der Waals surface area (Å²) in [7, 11) is 0. The van der Waals surface area contributed by atoms with E-state index in [1.54, 1.807) is 0 Å². The average molecular weight is 324 g/mol. The first-order valence-electron chi connectivity index (χ1n) is 6.77. The lowest BCUT2D eigenvalue weighted by atomic mass is 10.2. The molecule has 21 heavy (non-hydrogen) atoms. The van der Waals surface area contributed by atoms with E-state index in [2.05, 4.69) is 29.1 Å². The van der Waals surface area contributed by atoms with Crippen molar-refractivity contribution in [2.75, 3.05) is 6.54 Å². The first kappa shape index (κ1) is 16.1. The van der Waals surface area contributed by atoms with Crippen LogP contribution in [0, 0.1) is 5.92 Å². The third-order valence-corrected chi connectivity index (χ3v) is 4.28. The van der Waals surface area contributed by atoms with E-state index in [1.807, 2.05) is 18.2 Å². The topological polar surface area (TPSA) is 57.8 Å². The molecule has 1 heterocycles. The Hall–Kier alpha value is -1.30. The lowest BCUT2D eigenvalue weighted by Crippen LogP contribution is -2.19. The molecule has 0 fully saturated rings. The molecular weight excluding hydrogens is 306 g/mol. The van der Waals surface area contributed by atoms with Crippen LogP contribution in [0.25, 0.3) is 0 Å². The Morgan fingerprint density at radius 1 is 1.38 bits per heavy atom. The number of aromatic nitrogens is 2. The maximum Gasteiger partial charge on any atom is 0.251 e. The van der Waals surface area contributed by atoms with Crippen LogP contribution >= 0.6 is 23.4 Å². The van der Waals surface area contributed by atoms with Crippen molar-refractivity contribution in [3.8, 4) is 0 Å². The van der Waals surface area contributed by atoms with Gasteiger partial charge < -0.3 is 10.3 Å². The van der Waals surface area contributed by atoms with E-state index < -0.39 is 0 Å². The largest absolute Gasteiger partial charge is 0.312 e. The van der Waals surface area contributed by atoms with Gasteiger partial charge in [-0.25, -0.2) is 4.98 Å². The summed E-state index contributed by atoms with van der Waals surface area (Å²) in [4.78, 5) is 19.1. The normalized spacial score (nSPS) is 11.0.